The van der Waals surface area contributed by atoms with Gasteiger partial charge in [-0.05, 0) is 24.3 Å². The van der Waals surface area contributed by atoms with Crippen LogP contribution in [-0.2, 0) is 6.61 Å². The maximum Gasteiger partial charge on any atom is 0.227 e. The standard InChI is InChI=1S/C20H16N5O3S/c26-25(27)18-7-2-1-4-14(18)13-28-16-6-3-5-15(12-16)23-20-22-9-8-17(24-20)19-21-10-11-29-19/h1-12,26H,13H2,(H,22,23,24)/q-1. The molecule has 0 aliphatic rings. The summed E-state index contributed by atoms with van der Waals surface area (Å²) >= 11 is 1.51. The van der Waals surface area contributed by atoms with Crippen molar-refractivity contribution in [3.05, 3.63) is 83.1 Å². The predicted molar refractivity (Wildman–Crippen MR) is 111 cm³/mol. The number of anilines is 3. The fourth-order valence-corrected chi connectivity index (χ4v) is 3.27. The summed E-state index contributed by atoms with van der Waals surface area (Å²) in [5.41, 5.74) is 2.21. The lowest BCUT2D eigenvalue weighted by Gasteiger charge is -2.24. The van der Waals surface area contributed by atoms with E-state index in [4.69, 9.17) is 4.74 Å². The summed E-state index contributed by atoms with van der Waals surface area (Å²) in [6, 6.07) is 15.8. The van der Waals surface area contributed by atoms with Gasteiger partial charge in [-0.3, -0.25) is 5.21 Å². The molecular weight excluding hydrogens is 390 g/mol. The Bertz CT molecular complexity index is 1090. The van der Waals surface area contributed by atoms with Crippen LogP contribution in [0.25, 0.3) is 10.7 Å². The minimum atomic E-state index is -0.163. The Labute approximate surface area is 170 Å². The molecule has 2 heterocycles. The Morgan fingerprint density at radius 1 is 1.07 bits per heavy atom. The molecule has 0 amide bonds. The van der Waals surface area contributed by atoms with Crippen LogP contribution >= 0.6 is 11.3 Å². The van der Waals surface area contributed by atoms with Crippen molar-refractivity contribution >= 4 is 28.7 Å². The number of ether oxygens (including phenoxy) is 1. The van der Waals surface area contributed by atoms with Crippen LogP contribution in [0, 0.1) is 5.21 Å². The maximum absolute atomic E-state index is 11.2. The zero-order valence-electron chi connectivity index (χ0n) is 15.1. The Hall–Kier alpha value is -3.53. The second kappa shape index (κ2) is 8.65. The molecule has 29 heavy (non-hydrogen) atoms. The quantitative estimate of drug-likeness (QED) is 0.428. The molecule has 2 aromatic carbocycles. The SMILES string of the molecule is [O-]N(O)c1ccccc1COc1cccc(Nc2nccc(-c3nccs3)n2)c1. The summed E-state index contributed by atoms with van der Waals surface area (Å²) in [6.07, 6.45) is 3.41. The van der Waals surface area contributed by atoms with Crippen molar-refractivity contribution in [3.63, 3.8) is 0 Å². The van der Waals surface area contributed by atoms with Gasteiger partial charge in [0, 0.05) is 35.1 Å². The zero-order valence-corrected chi connectivity index (χ0v) is 15.9. The smallest absolute Gasteiger partial charge is 0.227 e. The van der Waals surface area contributed by atoms with Gasteiger partial charge in [-0.2, -0.15) is 0 Å². The van der Waals surface area contributed by atoms with Crippen LogP contribution < -0.4 is 15.3 Å². The zero-order chi connectivity index (χ0) is 20.1. The summed E-state index contributed by atoms with van der Waals surface area (Å²) in [7, 11) is 0. The van der Waals surface area contributed by atoms with Gasteiger partial charge in [0.05, 0.1) is 5.69 Å². The molecular formula is C20H16N5O3S-. The summed E-state index contributed by atoms with van der Waals surface area (Å²) < 4.78 is 5.78. The molecule has 4 aromatic rings. The fraction of sp³-hybridized carbons (Fsp3) is 0.0500. The van der Waals surface area contributed by atoms with Crippen LogP contribution in [0.3, 0.4) is 0 Å². The highest BCUT2D eigenvalue weighted by molar-refractivity contribution is 7.13. The minimum Gasteiger partial charge on any atom is -0.733 e. The summed E-state index contributed by atoms with van der Waals surface area (Å²) in [4.78, 5) is 13.0. The number of benzene rings is 2. The average Bonchev–Trinajstić information content (AvgIpc) is 3.28. The molecule has 146 valence electrons. The lowest BCUT2D eigenvalue weighted by Crippen LogP contribution is -2.11. The van der Waals surface area contributed by atoms with Gasteiger partial charge in [0.1, 0.15) is 23.1 Å². The number of aromatic nitrogens is 3. The first kappa shape index (κ1) is 18.8. The van der Waals surface area contributed by atoms with E-state index in [0.29, 0.717) is 17.3 Å². The molecule has 0 saturated heterocycles. The van der Waals surface area contributed by atoms with Crippen LogP contribution in [0.15, 0.2) is 72.4 Å². The molecule has 0 bridgehead atoms. The predicted octanol–water partition coefficient (Wildman–Crippen LogP) is 4.62. The van der Waals surface area contributed by atoms with Gasteiger partial charge >= 0.3 is 0 Å². The first-order valence-electron chi connectivity index (χ1n) is 8.66. The molecule has 4 rings (SSSR count). The van der Waals surface area contributed by atoms with E-state index in [2.05, 4.69) is 20.3 Å². The van der Waals surface area contributed by atoms with Crippen LogP contribution in [-0.4, -0.2) is 20.2 Å². The van der Waals surface area contributed by atoms with Crippen molar-refractivity contribution in [3.8, 4) is 16.5 Å². The third-order valence-corrected chi connectivity index (χ3v) is 4.78. The first-order valence-corrected chi connectivity index (χ1v) is 9.54. The third kappa shape index (κ3) is 4.66. The van der Waals surface area contributed by atoms with Crippen molar-refractivity contribution in [2.45, 2.75) is 6.61 Å². The fourth-order valence-electron chi connectivity index (χ4n) is 2.66. The molecule has 9 heteroatoms. The molecule has 0 radical (unpaired) electrons. The Balaban J connectivity index is 1.46. The molecule has 2 N–H and O–H groups in total. The van der Waals surface area contributed by atoms with E-state index in [9.17, 15) is 10.4 Å². The van der Waals surface area contributed by atoms with E-state index < -0.39 is 0 Å². The van der Waals surface area contributed by atoms with E-state index >= 15 is 0 Å². The summed E-state index contributed by atoms with van der Waals surface area (Å²) in [5.74, 6) is 1.04. The molecule has 0 spiro atoms. The van der Waals surface area contributed by atoms with E-state index in [-0.39, 0.29) is 17.5 Å². The molecule has 0 fully saturated rings. The number of thiazole rings is 1. The summed E-state index contributed by atoms with van der Waals surface area (Å²) in [6.45, 7) is 0.134. The van der Waals surface area contributed by atoms with Crippen molar-refractivity contribution in [1.82, 2.24) is 15.0 Å². The second-order valence-electron chi connectivity index (χ2n) is 5.95. The Morgan fingerprint density at radius 2 is 1.97 bits per heavy atom. The monoisotopic (exact) mass is 406 g/mol. The number of nitrogens with zero attached hydrogens (tertiary/aromatic N) is 4. The molecule has 2 aromatic heterocycles. The van der Waals surface area contributed by atoms with Crippen LogP contribution in [0.2, 0.25) is 0 Å². The normalized spacial score (nSPS) is 10.6. The molecule has 8 nitrogen and oxygen atoms in total. The second-order valence-corrected chi connectivity index (χ2v) is 6.84. The van der Waals surface area contributed by atoms with Gasteiger partial charge in [0.15, 0.2) is 0 Å². The largest absolute Gasteiger partial charge is 0.733 e. The van der Waals surface area contributed by atoms with Crippen molar-refractivity contribution in [2.24, 2.45) is 0 Å². The number of rotatable bonds is 7. The average molecular weight is 406 g/mol. The highest BCUT2D eigenvalue weighted by Crippen LogP contribution is 2.25. The van der Waals surface area contributed by atoms with Crippen LogP contribution in [0.4, 0.5) is 17.3 Å². The van der Waals surface area contributed by atoms with Crippen molar-refractivity contribution in [2.75, 3.05) is 10.5 Å². The first-order chi connectivity index (χ1) is 14.2. The van der Waals surface area contributed by atoms with Gasteiger partial charge in [-0.15, -0.1) is 11.3 Å². The van der Waals surface area contributed by atoms with Gasteiger partial charge in [-0.25, -0.2) is 15.0 Å². The number of hydrogen-bond acceptors (Lipinski definition) is 9. The van der Waals surface area contributed by atoms with E-state index in [1.807, 2.05) is 17.5 Å². The Kier molecular flexibility index (Phi) is 5.61. The van der Waals surface area contributed by atoms with Crippen molar-refractivity contribution in [1.29, 1.82) is 0 Å². The molecule has 0 atom stereocenters. The van der Waals surface area contributed by atoms with Gasteiger partial charge < -0.3 is 20.5 Å². The highest BCUT2D eigenvalue weighted by Gasteiger charge is 2.07. The van der Waals surface area contributed by atoms with Gasteiger partial charge in [0.2, 0.25) is 5.95 Å². The number of hydrogen-bond donors (Lipinski definition) is 2. The van der Waals surface area contributed by atoms with E-state index in [1.54, 1.807) is 48.8 Å². The van der Waals surface area contributed by atoms with Gasteiger partial charge in [-0.1, -0.05) is 24.3 Å². The number of nitrogens with one attached hydrogen (secondary N) is 1. The van der Waals surface area contributed by atoms with Crippen LogP contribution in [0.1, 0.15) is 5.56 Å². The maximum atomic E-state index is 11.2. The third-order valence-electron chi connectivity index (χ3n) is 3.99. The molecule has 0 aliphatic carbocycles. The van der Waals surface area contributed by atoms with E-state index in [0.717, 1.165) is 16.4 Å². The highest BCUT2D eigenvalue weighted by atomic mass is 32.1. The lowest BCUT2D eigenvalue weighted by molar-refractivity contribution is 0.284. The topological polar surface area (TPSA) is 106 Å². The lowest BCUT2D eigenvalue weighted by atomic mass is 10.2. The van der Waals surface area contributed by atoms with Crippen LogP contribution in [0.5, 0.6) is 5.75 Å². The summed E-state index contributed by atoms with van der Waals surface area (Å²) in [5, 5.41) is 26.1. The van der Waals surface area contributed by atoms with Crippen molar-refractivity contribution < 1.29 is 9.94 Å². The number of para-hydroxylation sites is 1. The van der Waals surface area contributed by atoms with Gasteiger partial charge in [0.25, 0.3) is 0 Å². The molecule has 0 saturated carbocycles. The minimum absolute atomic E-state index is 0.134. The van der Waals surface area contributed by atoms with E-state index in [1.165, 1.54) is 17.4 Å². The molecule has 0 aliphatic heterocycles. The Morgan fingerprint density at radius 3 is 2.79 bits per heavy atom. The molecule has 0 unspecified atom stereocenters.